The van der Waals surface area contributed by atoms with Crippen molar-refractivity contribution < 1.29 is 19.0 Å². The number of rotatable bonds is 7. The van der Waals surface area contributed by atoms with Crippen LogP contribution in [0.2, 0.25) is 0 Å². The molecule has 0 atom stereocenters. The molecule has 0 aromatic heterocycles. The number of methoxy groups -OCH3 is 3. The normalized spacial score (nSPS) is 11.1. The van der Waals surface area contributed by atoms with Crippen LogP contribution in [-0.2, 0) is 19.0 Å². The van der Waals surface area contributed by atoms with Gasteiger partial charge in [0.1, 0.15) is 0 Å². The molecule has 4 nitrogen and oxygen atoms in total. The first-order valence-electron chi connectivity index (χ1n) is 4.02. The molecule has 0 bridgehead atoms. The summed E-state index contributed by atoms with van der Waals surface area (Å²) in [5, 5.41) is 0. The Balaban J connectivity index is 3.62. The molecule has 0 radical (unpaired) electrons. The van der Waals surface area contributed by atoms with Crippen molar-refractivity contribution in [3.05, 3.63) is 12.3 Å². The van der Waals surface area contributed by atoms with Gasteiger partial charge in [-0.25, -0.2) is 0 Å². The number of ketones is 1. The third kappa shape index (κ3) is 6.31. The lowest BCUT2D eigenvalue weighted by Gasteiger charge is -2.11. The van der Waals surface area contributed by atoms with Crippen molar-refractivity contribution in [3.8, 4) is 0 Å². The molecule has 0 aliphatic carbocycles. The van der Waals surface area contributed by atoms with E-state index in [4.69, 9.17) is 9.47 Å². The zero-order valence-corrected chi connectivity index (χ0v) is 8.28. The van der Waals surface area contributed by atoms with Crippen LogP contribution in [0.5, 0.6) is 0 Å². The van der Waals surface area contributed by atoms with Gasteiger partial charge in [-0.15, -0.1) is 0 Å². The topological polar surface area (TPSA) is 44.8 Å². The first-order valence-corrected chi connectivity index (χ1v) is 4.02. The maximum atomic E-state index is 11.1. The number of carbonyl (C=O) groups excluding carboxylic acids is 1. The van der Waals surface area contributed by atoms with E-state index in [2.05, 4.69) is 4.74 Å². The third-order valence-corrected chi connectivity index (χ3v) is 1.54. The van der Waals surface area contributed by atoms with Gasteiger partial charge in [-0.05, 0) is 0 Å². The van der Waals surface area contributed by atoms with Gasteiger partial charge >= 0.3 is 0 Å². The fourth-order valence-electron chi connectivity index (χ4n) is 0.819. The zero-order valence-electron chi connectivity index (χ0n) is 8.28. The van der Waals surface area contributed by atoms with Crippen molar-refractivity contribution in [2.24, 2.45) is 0 Å². The zero-order chi connectivity index (χ0) is 10.1. The van der Waals surface area contributed by atoms with E-state index in [9.17, 15) is 4.79 Å². The van der Waals surface area contributed by atoms with Gasteiger partial charge in [-0.1, -0.05) is 0 Å². The van der Waals surface area contributed by atoms with E-state index >= 15 is 0 Å². The molecule has 4 heteroatoms. The highest BCUT2D eigenvalue weighted by Crippen LogP contribution is 2.02. The molecule has 0 aliphatic heterocycles. The van der Waals surface area contributed by atoms with Crippen molar-refractivity contribution in [1.29, 1.82) is 0 Å². The average Bonchev–Trinajstić information content (AvgIpc) is 2.16. The van der Waals surface area contributed by atoms with E-state index in [1.807, 2.05) is 0 Å². The van der Waals surface area contributed by atoms with Gasteiger partial charge < -0.3 is 14.2 Å². The minimum absolute atomic E-state index is 0.000880. The van der Waals surface area contributed by atoms with Crippen LogP contribution in [0, 0.1) is 0 Å². The highest BCUT2D eigenvalue weighted by molar-refractivity contribution is 5.89. The van der Waals surface area contributed by atoms with E-state index in [1.54, 1.807) is 14.2 Å². The molecule has 0 N–H and O–H groups in total. The molecule has 0 spiro atoms. The van der Waals surface area contributed by atoms with Gasteiger partial charge in [-0.3, -0.25) is 4.79 Å². The summed E-state index contributed by atoms with van der Waals surface area (Å²) in [6.45, 7) is 0. The van der Waals surface area contributed by atoms with E-state index in [-0.39, 0.29) is 12.1 Å². The van der Waals surface area contributed by atoms with E-state index < -0.39 is 0 Å². The quantitative estimate of drug-likeness (QED) is 0.341. The van der Waals surface area contributed by atoms with E-state index in [0.29, 0.717) is 12.8 Å². The number of hydrogen-bond acceptors (Lipinski definition) is 4. The summed E-state index contributed by atoms with van der Waals surface area (Å²) < 4.78 is 14.5. The Morgan fingerprint density at radius 1 is 1.31 bits per heavy atom. The van der Waals surface area contributed by atoms with Gasteiger partial charge in [0.25, 0.3) is 0 Å². The molecule has 0 aromatic carbocycles. The van der Waals surface area contributed by atoms with Crippen LogP contribution in [0.1, 0.15) is 12.8 Å². The Kier molecular flexibility index (Phi) is 7.24. The van der Waals surface area contributed by atoms with Crippen LogP contribution < -0.4 is 0 Å². The average molecular weight is 188 g/mol. The first-order chi connectivity index (χ1) is 6.24. The van der Waals surface area contributed by atoms with Crippen LogP contribution in [0.3, 0.4) is 0 Å². The molecule has 0 fully saturated rings. The van der Waals surface area contributed by atoms with Gasteiger partial charge in [0, 0.05) is 33.1 Å². The van der Waals surface area contributed by atoms with E-state index in [0.717, 1.165) is 0 Å². The summed E-state index contributed by atoms with van der Waals surface area (Å²) in [7, 11) is 4.59. The molecule has 0 rings (SSSR count). The minimum atomic E-state index is -0.306. The first kappa shape index (κ1) is 12.1. The van der Waals surface area contributed by atoms with Gasteiger partial charge in [0.2, 0.25) is 0 Å². The Morgan fingerprint density at radius 3 is 2.38 bits per heavy atom. The standard InChI is InChI=1S/C9H16O4/c1-11-7-6-8(10)4-5-9(12-2)13-3/h6-7,9H,4-5H2,1-3H3/b7-6+. The monoisotopic (exact) mass is 188 g/mol. The number of carbonyl (C=O) groups is 1. The summed E-state index contributed by atoms with van der Waals surface area (Å²) in [6.07, 6.45) is 3.39. The lowest BCUT2D eigenvalue weighted by molar-refractivity contribution is -0.123. The smallest absolute Gasteiger partial charge is 0.158 e. The predicted octanol–water partition coefficient (Wildman–Crippen LogP) is 1.11. The van der Waals surface area contributed by atoms with Crippen molar-refractivity contribution in [1.82, 2.24) is 0 Å². The van der Waals surface area contributed by atoms with Crippen molar-refractivity contribution in [3.63, 3.8) is 0 Å². The molecular formula is C9H16O4. The highest BCUT2D eigenvalue weighted by atomic mass is 16.7. The van der Waals surface area contributed by atoms with Gasteiger partial charge in [0.15, 0.2) is 12.1 Å². The second-order valence-electron chi connectivity index (χ2n) is 2.44. The molecule has 13 heavy (non-hydrogen) atoms. The summed E-state index contributed by atoms with van der Waals surface area (Å²) in [6, 6.07) is 0. The van der Waals surface area contributed by atoms with Crippen molar-refractivity contribution >= 4 is 5.78 Å². The Morgan fingerprint density at radius 2 is 1.92 bits per heavy atom. The second-order valence-corrected chi connectivity index (χ2v) is 2.44. The fraction of sp³-hybridized carbons (Fsp3) is 0.667. The Hall–Kier alpha value is -0.870. The Bertz CT molecular complexity index is 161. The maximum Gasteiger partial charge on any atom is 0.158 e. The summed E-state index contributed by atoms with van der Waals surface area (Å²) in [5.74, 6) is 0.000880. The number of hydrogen-bond donors (Lipinski definition) is 0. The van der Waals surface area contributed by atoms with Crippen molar-refractivity contribution in [2.45, 2.75) is 19.1 Å². The lowest BCUT2D eigenvalue weighted by Crippen LogP contribution is -2.14. The van der Waals surface area contributed by atoms with E-state index in [1.165, 1.54) is 19.4 Å². The number of allylic oxidation sites excluding steroid dienone is 1. The highest BCUT2D eigenvalue weighted by Gasteiger charge is 2.06. The van der Waals surface area contributed by atoms with Crippen LogP contribution in [-0.4, -0.2) is 33.4 Å². The van der Waals surface area contributed by atoms with Gasteiger partial charge in [-0.2, -0.15) is 0 Å². The SMILES string of the molecule is CO/C=C/C(=O)CCC(OC)OC. The van der Waals surface area contributed by atoms with Crippen LogP contribution in [0.4, 0.5) is 0 Å². The summed E-state index contributed by atoms with van der Waals surface area (Å²) in [5.41, 5.74) is 0. The van der Waals surface area contributed by atoms with Crippen LogP contribution >= 0.6 is 0 Å². The second kappa shape index (κ2) is 7.76. The Labute approximate surface area is 78.5 Å². The molecule has 0 saturated heterocycles. The van der Waals surface area contributed by atoms with Gasteiger partial charge in [0.05, 0.1) is 13.4 Å². The predicted molar refractivity (Wildman–Crippen MR) is 48.2 cm³/mol. The largest absolute Gasteiger partial charge is 0.504 e. The minimum Gasteiger partial charge on any atom is -0.504 e. The van der Waals surface area contributed by atoms with Crippen LogP contribution in [0.25, 0.3) is 0 Å². The fourth-order valence-corrected chi connectivity index (χ4v) is 0.819. The number of ether oxygens (including phenoxy) is 3. The third-order valence-electron chi connectivity index (χ3n) is 1.54. The summed E-state index contributed by atoms with van der Waals surface area (Å²) in [4.78, 5) is 11.1. The molecule has 0 unspecified atom stereocenters. The lowest BCUT2D eigenvalue weighted by atomic mass is 10.2. The molecule has 0 aliphatic rings. The molecule has 0 amide bonds. The molecule has 0 aromatic rings. The van der Waals surface area contributed by atoms with Crippen LogP contribution in [0.15, 0.2) is 12.3 Å². The molecule has 0 heterocycles. The maximum absolute atomic E-state index is 11.1. The molecule has 76 valence electrons. The summed E-state index contributed by atoms with van der Waals surface area (Å²) >= 11 is 0. The molecule has 0 saturated carbocycles. The molecular weight excluding hydrogens is 172 g/mol. The van der Waals surface area contributed by atoms with Crippen molar-refractivity contribution in [2.75, 3.05) is 21.3 Å².